The minimum Gasteiger partial charge on any atom is -0.465 e. The number of nitrogens with zero attached hydrogens (tertiary/aromatic N) is 3. The number of β-amino-alcohol motifs (C(OH)–C–C–N with tert-alkyl or cyclic N) is 1. The normalized spacial score (nSPS) is 15.2. The fourth-order valence-corrected chi connectivity index (χ4v) is 5.57. The number of piperazine rings is 1. The lowest BCUT2D eigenvalue weighted by Gasteiger charge is -2.34. The molecule has 0 unspecified atom stereocenters. The van der Waals surface area contributed by atoms with Crippen LogP contribution in [0, 0.1) is 6.92 Å². The number of carbonyl (C=O) groups is 2. The number of thiophene rings is 2. The highest BCUT2D eigenvalue weighted by molar-refractivity contribution is 7.21. The number of methoxy groups -OCH3 is 1. The highest BCUT2D eigenvalue weighted by Gasteiger charge is 2.23. The molecule has 4 rings (SSSR count). The maximum atomic E-state index is 12.7. The molecule has 0 aromatic carbocycles. The topological polar surface area (TPSA) is 95.0 Å². The Bertz CT molecular complexity index is 1120. The van der Waals surface area contributed by atoms with Gasteiger partial charge in [-0.1, -0.05) is 0 Å². The minimum atomic E-state index is -0.493. The molecule has 0 aliphatic carbocycles. The van der Waals surface area contributed by atoms with Crippen molar-refractivity contribution in [1.29, 1.82) is 0 Å². The van der Waals surface area contributed by atoms with E-state index in [1.54, 1.807) is 6.07 Å². The average Bonchev–Trinajstić information content (AvgIpc) is 3.38. The van der Waals surface area contributed by atoms with Crippen molar-refractivity contribution in [2.24, 2.45) is 0 Å². The standard InChI is InChI=1S/C22H26N4O4S2/c1-14-3-6-17(31-14)20(28)24-18-16-5-4-15(23-21(16)32-19(18)22(29)30-2)13-26-9-7-25(8-10-26)11-12-27/h3-6,27H,7-13H2,1-2H3,(H,24,28). The first kappa shape index (κ1) is 22.8. The lowest BCUT2D eigenvalue weighted by atomic mass is 10.2. The average molecular weight is 475 g/mol. The van der Waals surface area contributed by atoms with Crippen molar-refractivity contribution in [2.75, 3.05) is 51.8 Å². The summed E-state index contributed by atoms with van der Waals surface area (Å²) in [4.78, 5) is 37.2. The van der Waals surface area contributed by atoms with E-state index >= 15 is 0 Å². The van der Waals surface area contributed by atoms with E-state index < -0.39 is 5.97 Å². The van der Waals surface area contributed by atoms with Gasteiger partial charge in [0.1, 0.15) is 9.71 Å². The molecule has 1 aliphatic rings. The van der Waals surface area contributed by atoms with Crippen LogP contribution < -0.4 is 5.32 Å². The first-order valence-electron chi connectivity index (χ1n) is 10.4. The highest BCUT2D eigenvalue weighted by Crippen LogP contribution is 2.36. The number of nitrogens with one attached hydrogen (secondary N) is 1. The minimum absolute atomic E-state index is 0.185. The number of hydrogen-bond donors (Lipinski definition) is 2. The predicted octanol–water partition coefficient (Wildman–Crippen LogP) is 2.82. The third-order valence-electron chi connectivity index (χ3n) is 5.45. The van der Waals surface area contributed by atoms with Crippen LogP contribution in [0.25, 0.3) is 10.2 Å². The van der Waals surface area contributed by atoms with Crippen LogP contribution in [0.4, 0.5) is 5.69 Å². The summed E-state index contributed by atoms with van der Waals surface area (Å²) < 4.78 is 4.94. The van der Waals surface area contributed by atoms with Gasteiger partial charge in [0.2, 0.25) is 0 Å². The third-order valence-corrected chi connectivity index (χ3v) is 7.53. The SMILES string of the molecule is COC(=O)c1sc2nc(CN3CCN(CCO)CC3)ccc2c1NC(=O)c1ccc(C)s1. The zero-order chi connectivity index (χ0) is 22.7. The summed E-state index contributed by atoms with van der Waals surface area (Å²) >= 11 is 2.64. The number of aromatic nitrogens is 1. The number of pyridine rings is 1. The number of ether oxygens (including phenoxy) is 1. The molecule has 1 aliphatic heterocycles. The first-order valence-corrected chi connectivity index (χ1v) is 12.1. The van der Waals surface area contributed by atoms with E-state index in [2.05, 4.69) is 15.1 Å². The van der Waals surface area contributed by atoms with Crippen molar-refractivity contribution in [3.05, 3.63) is 44.6 Å². The van der Waals surface area contributed by atoms with E-state index in [1.807, 2.05) is 25.1 Å². The van der Waals surface area contributed by atoms with Crippen LogP contribution in [-0.4, -0.2) is 78.2 Å². The Hall–Kier alpha value is -2.37. The number of fused-ring (bicyclic) bond motifs is 1. The van der Waals surface area contributed by atoms with Crippen LogP contribution in [0.2, 0.25) is 0 Å². The van der Waals surface area contributed by atoms with Crippen LogP contribution in [0.1, 0.15) is 29.9 Å². The summed E-state index contributed by atoms with van der Waals surface area (Å²) in [6, 6.07) is 7.53. The van der Waals surface area contributed by atoms with Gasteiger partial charge in [-0.15, -0.1) is 22.7 Å². The largest absolute Gasteiger partial charge is 0.465 e. The second kappa shape index (κ2) is 10.1. The van der Waals surface area contributed by atoms with Gasteiger partial charge in [0, 0.05) is 49.5 Å². The van der Waals surface area contributed by atoms with Crippen LogP contribution >= 0.6 is 22.7 Å². The Morgan fingerprint density at radius 3 is 2.53 bits per heavy atom. The molecule has 1 saturated heterocycles. The number of aryl methyl sites for hydroxylation is 1. The molecule has 1 fully saturated rings. The molecule has 32 heavy (non-hydrogen) atoms. The Morgan fingerprint density at radius 1 is 1.12 bits per heavy atom. The number of aliphatic hydroxyl groups is 1. The Balaban J connectivity index is 1.56. The number of hydrogen-bond acceptors (Lipinski definition) is 9. The number of anilines is 1. The van der Waals surface area contributed by atoms with Crippen LogP contribution in [0.15, 0.2) is 24.3 Å². The summed E-state index contributed by atoms with van der Waals surface area (Å²) in [5, 5.41) is 12.7. The van der Waals surface area contributed by atoms with Gasteiger partial charge >= 0.3 is 5.97 Å². The van der Waals surface area contributed by atoms with E-state index in [-0.39, 0.29) is 12.5 Å². The lowest BCUT2D eigenvalue weighted by Crippen LogP contribution is -2.46. The second-order valence-corrected chi connectivity index (χ2v) is 9.95. The van der Waals surface area contributed by atoms with E-state index in [4.69, 9.17) is 14.8 Å². The van der Waals surface area contributed by atoms with Gasteiger partial charge in [0.05, 0.1) is 30.0 Å². The molecule has 10 heteroatoms. The molecule has 2 N–H and O–H groups in total. The van der Waals surface area contributed by atoms with Gasteiger partial charge in [-0.3, -0.25) is 14.6 Å². The van der Waals surface area contributed by atoms with Crippen molar-refractivity contribution in [2.45, 2.75) is 13.5 Å². The summed E-state index contributed by atoms with van der Waals surface area (Å²) in [6.07, 6.45) is 0. The van der Waals surface area contributed by atoms with Crippen LogP contribution in [-0.2, 0) is 11.3 Å². The van der Waals surface area contributed by atoms with Gasteiger partial charge in [-0.25, -0.2) is 9.78 Å². The zero-order valence-electron chi connectivity index (χ0n) is 18.1. The van der Waals surface area contributed by atoms with Crippen LogP contribution in [0.5, 0.6) is 0 Å². The van der Waals surface area contributed by atoms with E-state index in [0.29, 0.717) is 33.4 Å². The molecular formula is C22H26N4O4S2. The molecule has 0 radical (unpaired) electrons. The molecule has 8 nitrogen and oxygen atoms in total. The van der Waals surface area contributed by atoms with Crippen molar-refractivity contribution in [1.82, 2.24) is 14.8 Å². The van der Waals surface area contributed by atoms with Gasteiger partial charge in [0.25, 0.3) is 5.91 Å². The number of amides is 1. The summed E-state index contributed by atoms with van der Waals surface area (Å²) in [5.74, 6) is -0.745. The Labute approximate surface area is 194 Å². The van der Waals surface area contributed by atoms with Gasteiger partial charge in [-0.05, 0) is 31.2 Å². The summed E-state index contributed by atoms with van der Waals surface area (Å²) in [6.45, 7) is 7.23. The number of esters is 1. The van der Waals surface area contributed by atoms with Gasteiger partial charge in [0.15, 0.2) is 0 Å². The molecule has 0 spiro atoms. The molecule has 1 amide bonds. The number of carbonyl (C=O) groups excluding carboxylic acids is 2. The number of rotatable bonds is 7. The second-order valence-electron chi connectivity index (χ2n) is 7.66. The maximum absolute atomic E-state index is 12.7. The lowest BCUT2D eigenvalue weighted by molar-refractivity contribution is 0.0607. The maximum Gasteiger partial charge on any atom is 0.350 e. The van der Waals surface area contributed by atoms with Crippen molar-refractivity contribution >= 4 is 50.5 Å². The fourth-order valence-electron chi connectivity index (χ4n) is 3.74. The quantitative estimate of drug-likeness (QED) is 0.509. The molecule has 0 saturated carbocycles. The monoisotopic (exact) mass is 474 g/mol. The van der Waals surface area contributed by atoms with Gasteiger partial charge in [-0.2, -0.15) is 0 Å². The fraction of sp³-hybridized carbons (Fsp3) is 0.409. The van der Waals surface area contributed by atoms with Gasteiger partial charge < -0.3 is 15.2 Å². The molecule has 0 bridgehead atoms. The van der Waals surface area contributed by atoms with Crippen molar-refractivity contribution in [3.63, 3.8) is 0 Å². The van der Waals surface area contributed by atoms with E-state index in [9.17, 15) is 9.59 Å². The van der Waals surface area contributed by atoms with E-state index in [0.717, 1.165) is 42.1 Å². The molecule has 3 aromatic heterocycles. The smallest absolute Gasteiger partial charge is 0.350 e. The summed E-state index contributed by atoms with van der Waals surface area (Å²) in [7, 11) is 1.33. The molecule has 3 aromatic rings. The number of aliphatic hydroxyl groups excluding tert-OH is 1. The highest BCUT2D eigenvalue weighted by atomic mass is 32.1. The Kier molecular flexibility index (Phi) is 7.17. The Morgan fingerprint density at radius 2 is 1.88 bits per heavy atom. The van der Waals surface area contributed by atoms with Crippen molar-refractivity contribution < 1.29 is 19.4 Å². The molecular weight excluding hydrogens is 448 g/mol. The molecule has 0 atom stereocenters. The van der Waals surface area contributed by atoms with Crippen molar-refractivity contribution in [3.8, 4) is 0 Å². The summed E-state index contributed by atoms with van der Waals surface area (Å²) in [5.41, 5.74) is 1.36. The first-order chi connectivity index (χ1) is 15.5. The third kappa shape index (κ3) is 5.00. The zero-order valence-corrected chi connectivity index (χ0v) is 19.7. The molecule has 170 valence electrons. The molecule has 4 heterocycles. The predicted molar refractivity (Wildman–Crippen MR) is 127 cm³/mol. The van der Waals surface area contributed by atoms with Crippen LogP contribution in [0.3, 0.4) is 0 Å². The van der Waals surface area contributed by atoms with E-state index in [1.165, 1.54) is 29.8 Å².